The van der Waals surface area contributed by atoms with Crippen molar-refractivity contribution in [1.29, 1.82) is 0 Å². The van der Waals surface area contributed by atoms with Crippen LogP contribution in [0.25, 0.3) is 0 Å². The maximum absolute atomic E-state index is 10.8. The van der Waals surface area contributed by atoms with Crippen molar-refractivity contribution in [3.8, 4) is 0 Å². The summed E-state index contributed by atoms with van der Waals surface area (Å²) in [5.74, 6) is -2.64. The monoisotopic (exact) mass is 320 g/mol. The standard InChI is InChI=1S/C9H14O4.Cs.H/c1-9(5-3-2-4-6-9)13-8(12)7(10)11;;/h2-6H2,1H3,(H,10,11);;. The van der Waals surface area contributed by atoms with Crippen molar-refractivity contribution >= 4 is 80.8 Å². The summed E-state index contributed by atoms with van der Waals surface area (Å²) >= 11 is 0. The van der Waals surface area contributed by atoms with Crippen LogP contribution in [-0.2, 0) is 14.3 Å². The molecule has 0 aliphatic heterocycles. The molecule has 1 N–H and O–H groups in total. The second-order valence-corrected chi connectivity index (χ2v) is 3.71. The van der Waals surface area contributed by atoms with Gasteiger partial charge in [-0.3, -0.25) is 0 Å². The number of rotatable bonds is 1. The van der Waals surface area contributed by atoms with E-state index in [2.05, 4.69) is 0 Å². The van der Waals surface area contributed by atoms with Gasteiger partial charge in [0.15, 0.2) is 0 Å². The van der Waals surface area contributed by atoms with Gasteiger partial charge in [-0.1, -0.05) is 6.42 Å². The summed E-state index contributed by atoms with van der Waals surface area (Å²) in [6, 6.07) is 0. The molecule has 0 aromatic rings. The predicted molar refractivity (Wildman–Crippen MR) is 52.4 cm³/mol. The molecule has 1 aliphatic carbocycles. The number of carboxylic acids is 1. The Kier molecular flexibility index (Phi) is 7.01. The minimum atomic E-state index is -1.51. The molecule has 1 fully saturated rings. The average molecular weight is 320 g/mol. The third kappa shape index (κ3) is 4.67. The van der Waals surface area contributed by atoms with Crippen LogP contribution in [0.4, 0.5) is 0 Å². The van der Waals surface area contributed by atoms with Gasteiger partial charge >= 0.3 is 80.8 Å². The van der Waals surface area contributed by atoms with Gasteiger partial charge in [0.2, 0.25) is 0 Å². The molecule has 0 bridgehead atoms. The van der Waals surface area contributed by atoms with E-state index >= 15 is 0 Å². The fourth-order valence-corrected chi connectivity index (χ4v) is 1.67. The molecular formula is C9H15CsO4. The molecule has 76 valence electrons. The first-order valence-electron chi connectivity index (χ1n) is 4.50. The zero-order valence-electron chi connectivity index (χ0n) is 7.71. The molecule has 0 heterocycles. The summed E-state index contributed by atoms with van der Waals surface area (Å²) in [7, 11) is 0. The van der Waals surface area contributed by atoms with E-state index in [0.29, 0.717) is 0 Å². The van der Waals surface area contributed by atoms with Crippen LogP contribution in [0.2, 0.25) is 0 Å². The Bertz CT molecular complexity index is 221. The van der Waals surface area contributed by atoms with Crippen LogP contribution in [0, 0.1) is 0 Å². The molecule has 4 nitrogen and oxygen atoms in total. The van der Waals surface area contributed by atoms with Crippen molar-refractivity contribution in [1.82, 2.24) is 0 Å². The van der Waals surface area contributed by atoms with E-state index in [1.54, 1.807) is 6.92 Å². The Morgan fingerprint density at radius 3 is 2.14 bits per heavy atom. The number of esters is 1. The van der Waals surface area contributed by atoms with Crippen molar-refractivity contribution in [2.45, 2.75) is 44.6 Å². The van der Waals surface area contributed by atoms with Crippen LogP contribution in [0.15, 0.2) is 0 Å². The first-order valence-corrected chi connectivity index (χ1v) is 4.50. The van der Waals surface area contributed by atoms with Crippen molar-refractivity contribution in [3.63, 3.8) is 0 Å². The van der Waals surface area contributed by atoms with E-state index in [-0.39, 0.29) is 68.9 Å². The quantitative estimate of drug-likeness (QED) is 0.570. The van der Waals surface area contributed by atoms with Crippen LogP contribution in [0.5, 0.6) is 0 Å². The molecule has 1 saturated carbocycles. The normalized spacial score (nSPS) is 19.2. The van der Waals surface area contributed by atoms with Crippen LogP contribution >= 0.6 is 0 Å². The van der Waals surface area contributed by atoms with Gasteiger partial charge < -0.3 is 9.84 Å². The SMILES string of the molecule is CC1(OC(=O)C(=O)O)CCCCC1.[CsH]. The summed E-state index contributed by atoms with van der Waals surface area (Å²) in [5, 5.41) is 8.35. The summed E-state index contributed by atoms with van der Waals surface area (Å²) in [4.78, 5) is 21.0. The molecule has 0 aromatic carbocycles. The van der Waals surface area contributed by atoms with E-state index in [1.165, 1.54) is 0 Å². The molecule has 0 atom stereocenters. The van der Waals surface area contributed by atoms with Crippen molar-refractivity contribution in [3.05, 3.63) is 0 Å². The molecule has 0 radical (unpaired) electrons. The summed E-state index contributed by atoms with van der Waals surface area (Å²) in [5.41, 5.74) is -0.548. The molecule has 0 spiro atoms. The Morgan fingerprint density at radius 2 is 1.71 bits per heavy atom. The Labute approximate surface area is 142 Å². The topological polar surface area (TPSA) is 63.6 Å². The number of carboxylic acid groups (broad SMARTS) is 1. The first kappa shape index (κ1) is 15.0. The second kappa shape index (κ2) is 6.55. The predicted octanol–water partition coefficient (Wildman–Crippen LogP) is 0.688. The third-order valence-electron chi connectivity index (χ3n) is 2.42. The second-order valence-electron chi connectivity index (χ2n) is 3.71. The minimum absolute atomic E-state index is 0. The van der Waals surface area contributed by atoms with Crippen LogP contribution < -0.4 is 0 Å². The molecule has 0 aromatic heterocycles. The van der Waals surface area contributed by atoms with Gasteiger partial charge in [-0.2, -0.15) is 0 Å². The zero-order chi connectivity index (χ0) is 9.90. The molecule has 1 aliphatic rings. The average Bonchev–Trinajstić information content (AvgIpc) is 2.04. The van der Waals surface area contributed by atoms with Gasteiger partial charge in [0.1, 0.15) is 5.60 Å². The molecule has 14 heavy (non-hydrogen) atoms. The Hall–Kier alpha value is 0.992. The van der Waals surface area contributed by atoms with Gasteiger partial charge in [-0.15, -0.1) is 0 Å². The van der Waals surface area contributed by atoms with E-state index in [4.69, 9.17) is 9.84 Å². The fraction of sp³-hybridized carbons (Fsp3) is 0.778. The van der Waals surface area contributed by atoms with Gasteiger partial charge in [0.25, 0.3) is 0 Å². The van der Waals surface area contributed by atoms with Gasteiger partial charge in [-0.25, -0.2) is 9.59 Å². The number of hydrogen-bond acceptors (Lipinski definition) is 3. The number of hydrogen-bond donors (Lipinski definition) is 1. The summed E-state index contributed by atoms with van der Waals surface area (Å²) in [6.45, 7) is 1.80. The van der Waals surface area contributed by atoms with E-state index < -0.39 is 17.5 Å². The molecule has 1 rings (SSSR count). The Balaban J connectivity index is 0.00000169. The molecule has 0 saturated heterocycles. The molecule has 0 amide bonds. The van der Waals surface area contributed by atoms with Gasteiger partial charge in [0, 0.05) is 0 Å². The fourth-order valence-electron chi connectivity index (χ4n) is 1.67. The summed E-state index contributed by atoms with van der Waals surface area (Å²) in [6.07, 6.45) is 4.69. The van der Waals surface area contributed by atoms with Crippen molar-refractivity contribution in [2.75, 3.05) is 0 Å². The third-order valence-corrected chi connectivity index (χ3v) is 2.42. The van der Waals surface area contributed by atoms with Crippen LogP contribution in [-0.4, -0.2) is 91.5 Å². The zero-order valence-corrected chi connectivity index (χ0v) is 7.71. The summed E-state index contributed by atoms with van der Waals surface area (Å²) < 4.78 is 4.90. The molecular weight excluding hydrogens is 305 g/mol. The molecule has 5 heteroatoms. The van der Waals surface area contributed by atoms with E-state index in [9.17, 15) is 9.59 Å². The number of carbonyl (C=O) groups excluding carboxylic acids is 1. The van der Waals surface area contributed by atoms with Gasteiger partial charge in [0.05, 0.1) is 0 Å². The number of carbonyl (C=O) groups is 2. The molecule has 0 unspecified atom stereocenters. The van der Waals surface area contributed by atoms with Gasteiger partial charge in [-0.05, 0) is 32.6 Å². The van der Waals surface area contributed by atoms with Crippen molar-refractivity contribution in [2.24, 2.45) is 0 Å². The van der Waals surface area contributed by atoms with E-state index in [0.717, 1.165) is 32.1 Å². The first-order chi connectivity index (χ1) is 6.03. The maximum atomic E-state index is 10.8. The number of aliphatic carboxylic acids is 1. The van der Waals surface area contributed by atoms with Crippen molar-refractivity contribution < 1.29 is 19.4 Å². The van der Waals surface area contributed by atoms with E-state index in [1.807, 2.05) is 0 Å². The Morgan fingerprint density at radius 1 is 1.21 bits per heavy atom. The van der Waals surface area contributed by atoms with Crippen LogP contribution in [0.3, 0.4) is 0 Å². The van der Waals surface area contributed by atoms with Crippen LogP contribution in [0.1, 0.15) is 39.0 Å². The number of ether oxygens (including phenoxy) is 1.